The summed E-state index contributed by atoms with van der Waals surface area (Å²) in [6, 6.07) is 0. The van der Waals surface area contributed by atoms with Crippen molar-refractivity contribution in [3.63, 3.8) is 0 Å². The Balaban J connectivity index is 0. The van der Waals surface area contributed by atoms with Gasteiger partial charge >= 0.3 is 0 Å². The normalized spacial score (nSPS) is 0. The largest absolute Gasteiger partial charge is 0.412 e. The quantitative estimate of drug-likeness (QED) is 0.327. The van der Waals surface area contributed by atoms with Crippen molar-refractivity contribution in [1.82, 2.24) is 0 Å². The van der Waals surface area contributed by atoms with Crippen LogP contribution in [0.2, 0.25) is 0 Å². The number of hydrogen-bond acceptors (Lipinski definition) is 0. The molecule has 0 amide bonds. The zero-order chi connectivity index (χ0) is 0. The van der Waals surface area contributed by atoms with E-state index in [0.29, 0.717) is 0 Å². The first kappa shape index (κ1) is 1890. The maximum absolute atomic E-state index is 0. The van der Waals surface area contributed by atoms with E-state index in [1.165, 1.54) is 0 Å². The van der Waals surface area contributed by atoms with Crippen molar-refractivity contribution in [2.75, 3.05) is 0 Å². The van der Waals surface area contributed by atoms with Crippen molar-refractivity contribution in [1.29, 1.82) is 0 Å². The van der Waals surface area contributed by atoms with E-state index in [4.69, 9.17) is 0 Å². The Labute approximate surface area is 45.1 Å². The van der Waals surface area contributed by atoms with Gasteiger partial charge in [-0.05, 0) is 0 Å². The molecule has 6 heteroatoms. The second kappa shape index (κ2) is 1050. The third-order valence-corrected chi connectivity index (χ3v) is 0. The van der Waals surface area contributed by atoms with Crippen LogP contribution in [0.15, 0.2) is 0 Å². The first-order valence-corrected chi connectivity index (χ1v) is 0. The summed E-state index contributed by atoms with van der Waals surface area (Å²) >= 11 is 0. The fourth-order valence-electron chi connectivity index (χ4n) is 0. The van der Waals surface area contributed by atoms with E-state index in [1.54, 1.807) is 0 Å². The van der Waals surface area contributed by atoms with Gasteiger partial charge in [0.15, 0.2) is 0 Å². The van der Waals surface area contributed by atoms with Crippen LogP contribution in [0.25, 0.3) is 0 Å². The summed E-state index contributed by atoms with van der Waals surface area (Å²) in [5.74, 6) is 0. The molecule has 0 rings (SSSR count). The maximum atomic E-state index is 0. The minimum Gasteiger partial charge on any atom is -0.412 e. The molecule has 0 spiro atoms. The molecule has 0 bridgehead atoms. The van der Waals surface area contributed by atoms with Crippen LogP contribution in [0.3, 0.4) is 0 Å². The van der Waals surface area contributed by atoms with Crippen LogP contribution in [0, 0.1) is 0 Å². The standard InChI is InChI=1S/Co.5H2O/h;5*1H2. The Hall–Kier alpha value is 0.306. The molecule has 0 aromatic carbocycles. The molecule has 0 aromatic heterocycles. The molecular weight excluding hydrogens is 139 g/mol. The van der Waals surface area contributed by atoms with E-state index in [2.05, 4.69) is 0 Å². The molecule has 0 aliphatic heterocycles. The molecule has 0 saturated heterocycles. The molecule has 0 aliphatic rings. The van der Waals surface area contributed by atoms with Gasteiger partial charge in [0, 0.05) is 16.8 Å². The summed E-state index contributed by atoms with van der Waals surface area (Å²) in [7, 11) is 0. The number of hydrogen-bond donors (Lipinski definition) is 0. The molecule has 49 valence electrons. The third kappa shape index (κ3) is 501. The van der Waals surface area contributed by atoms with E-state index in [-0.39, 0.29) is 44.2 Å². The van der Waals surface area contributed by atoms with Gasteiger partial charge in [-0.2, -0.15) is 0 Å². The first-order chi connectivity index (χ1) is 0. The van der Waals surface area contributed by atoms with Gasteiger partial charge in [-0.1, -0.05) is 0 Å². The zero-order valence-corrected chi connectivity index (χ0v) is 3.87. The van der Waals surface area contributed by atoms with Gasteiger partial charge in [0.05, 0.1) is 0 Å². The van der Waals surface area contributed by atoms with Crippen molar-refractivity contribution in [2.24, 2.45) is 0 Å². The SMILES string of the molecule is O.O.O.O.O.[Co]. The molecule has 6 heavy (non-hydrogen) atoms. The number of rotatable bonds is 0. The minimum atomic E-state index is 0. The monoisotopic (exact) mass is 149 g/mol. The summed E-state index contributed by atoms with van der Waals surface area (Å²) < 4.78 is 0. The summed E-state index contributed by atoms with van der Waals surface area (Å²) in [4.78, 5) is 0. The van der Waals surface area contributed by atoms with E-state index in [9.17, 15) is 0 Å². The summed E-state index contributed by atoms with van der Waals surface area (Å²) in [5.41, 5.74) is 0. The van der Waals surface area contributed by atoms with Gasteiger partial charge < -0.3 is 27.4 Å². The molecular formula is H10CoO5. The van der Waals surface area contributed by atoms with E-state index >= 15 is 0 Å². The fraction of sp³-hybridized carbons (Fsp3) is 0. The van der Waals surface area contributed by atoms with E-state index in [1.807, 2.05) is 0 Å². The first-order valence-electron chi connectivity index (χ1n) is 0. The molecule has 0 heterocycles. The van der Waals surface area contributed by atoms with Gasteiger partial charge in [-0.15, -0.1) is 0 Å². The van der Waals surface area contributed by atoms with Gasteiger partial charge in [0.2, 0.25) is 0 Å². The average molecular weight is 149 g/mol. The smallest absolute Gasteiger partial charge is 0 e. The Morgan fingerprint density at radius 2 is 0.333 bits per heavy atom. The van der Waals surface area contributed by atoms with Crippen molar-refractivity contribution >= 4 is 0 Å². The Bertz CT molecular complexity index is 3.90. The van der Waals surface area contributed by atoms with Gasteiger partial charge in [0.25, 0.3) is 0 Å². The van der Waals surface area contributed by atoms with Crippen LogP contribution in [0.4, 0.5) is 0 Å². The van der Waals surface area contributed by atoms with Crippen molar-refractivity contribution in [2.45, 2.75) is 0 Å². The summed E-state index contributed by atoms with van der Waals surface area (Å²) in [6.07, 6.45) is 0. The van der Waals surface area contributed by atoms with Crippen LogP contribution in [-0.2, 0) is 16.8 Å². The molecule has 0 saturated carbocycles. The molecule has 0 aromatic rings. The molecule has 0 unspecified atom stereocenters. The fourth-order valence-corrected chi connectivity index (χ4v) is 0. The van der Waals surface area contributed by atoms with Gasteiger partial charge in [0.1, 0.15) is 0 Å². The molecule has 1 radical (unpaired) electrons. The van der Waals surface area contributed by atoms with Crippen LogP contribution in [0.1, 0.15) is 0 Å². The van der Waals surface area contributed by atoms with Crippen molar-refractivity contribution in [3.8, 4) is 0 Å². The second-order valence-electron chi connectivity index (χ2n) is 0. The average Bonchev–Trinajstić information content (AvgIpc) is 0. The van der Waals surface area contributed by atoms with Crippen LogP contribution < -0.4 is 0 Å². The van der Waals surface area contributed by atoms with Gasteiger partial charge in [-0.25, -0.2) is 0 Å². The predicted molar refractivity (Wildman–Crippen MR) is 18.1 cm³/mol. The van der Waals surface area contributed by atoms with Gasteiger partial charge in [-0.3, -0.25) is 0 Å². The molecule has 10 N–H and O–H groups in total. The van der Waals surface area contributed by atoms with E-state index in [0.717, 1.165) is 0 Å². The Kier molecular flexibility index (Phi) is 330000. The van der Waals surface area contributed by atoms with Crippen LogP contribution >= 0.6 is 0 Å². The molecule has 0 aliphatic carbocycles. The van der Waals surface area contributed by atoms with Crippen LogP contribution in [-0.4, -0.2) is 27.4 Å². The zero-order valence-electron chi connectivity index (χ0n) is 2.83. The molecule has 0 atom stereocenters. The maximum Gasteiger partial charge on any atom is 0 e. The van der Waals surface area contributed by atoms with Crippen molar-refractivity contribution in [3.05, 3.63) is 0 Å². The molecule has 5 nitrogen and oxygen atoms in total. The Morgan fingerprint density at radius 1 is 0.333 bits per heavy atom. The Morgan fingerprint density at radius 3 is 0.333 bits per heavy atom. The summed E-state index contributed by atoms with van der Waals surface area (Å²) in [5, 5.41) is 0. The van der Waals surface area contributed by atoms with E-state index < -0.39 is 0 Å². The minimum absolute atomic E-state index is 0. The predicted octanol–water partition coefficient (Wildman–Crippen LogP) is -4.13. The second-order valence-corrected chi connectivity index (χ2v) is 0. The molecule has 0 fully saturated rings. The third-order valence-electron chi connectivity index (χ3n) is 0. The summed E-state index contributed by atoms with van der Waals surface area (Å²) in [6.45, 7) is 0. The topological polar surface area (TPSA) is 158 Å². The van der Waals surface area contributed by atoms with Crippen molar-refractivity contribution < 1.29 is 44.2 Å². The van der Waals surface area contributed by atoms with Crippen LogP contribution in [0.5, 0.6) is 0 Å².